The van der Waals surface area contributed by atoms with E-state index in [0.29, 0.717) is 71.2 Å². The summed E-state index contributed by atoms with van der Waals surface area (Å²) in [5.41, 5.74) is 9.90. The summed E-state index contributed by atoms with van der Waals surface area (Å²) < 4.78 is 59.1. The monoisotopic (exact) mass is 1750 g/mol. The molecule has 8 aliphatic rings. The number of aliphatic carboxylic acids is 1. The maximum atomic E-state index is 14.5. The zero-order valence-electron chi connectivity index (χ0n) is 68.6. The van der Waals surface area contributed by atoms with Crippen LogP contribution in [0.4, 0.5) is 21.4 Å². The number of pyridine rings is 1. The number of para-hydroxylation sites is 1. The van der Waals surface area contributed by atoms with E-state index in [0.717, 1.165) is 80.7 Å². The highest BCUT2D eigenvalue weighted by molar-refractivity contribution is 8.00. The fourth-order valence-electron chi connectivity index (χ4n) is 19.8. The van der Waals surface area contributed by atoms with Crippen molar-refractivity contribution in [1.82, 2.24) is 45.1 Å². The number of amides is 9. The number of aryl methyl sites for hydroxylation is 1. The lowest BCUT2D eigenvalue weighted by Crippen LogP contribution is -2.64. The van der Waals surface area contributed by atoms with Crippen LogP contribution in [0.2, 0.25) is 0 Å². The number of benzene rings is 3. The number of hydrogen-bond acceptors (Lipinski definition) is 26. The highest BCUT2D eigenvalue weighted by Gasteiger charge is 2.66. The second kappa shape index (κ2) is 36.4. The second-order valence-electron chi connectivity index (χ2n) is 34.4. The summed E-state index contributed by atoms with van der Waals surface area (Å²) in [6.07, 6.45) is -1.96. The Morgan fingerprint density at radius 3 is 2.26 bits per heavy atom. The number of aromatic nitrogens is 4. The van der Waals surface area contributed by atoms with Crippen LogP contribution in [0.5, 0.6) is 0 Å². The van der Waals surface area contributed by atoms with Gasteiger partial charge in [0.1, 0.15) is 48.9 Å². The highest BCUT2D eigenvalue weighted by Crippen LogP contribution is 2.72. The molecule has 4 saturated carbocycles. The van der Waals surface area contributed by atoms with E-state index in [2.05, 4.69) is 40.1 Å². The van der Waals surface area contributed by atoms with E-state index >= 15 is 0 Å². The number of likely N-dealkylation sites (tertiary alicyclic amines) is 2. The topological polar surface area (TPSA) is 511 Å². The van der Waals surface area contributed by atoms with Crippen LogP contribution in [-0.4, -0.2) is 262 Å². The molecule has 122 heavy (non-hydrogen) atoms. The first-order chi connectivity index (χ1) is 57.7. The van der Waals surface area contributed by atoms with Crippen molar-refractivity contribution < 1.29 is 110 Å². The lowest BCUT2D eigenvalue weighted by atomic mass is 9.39. The smallest absolute Gasteiger partial charge is 0.410 e. The number of rotatable bonds is 35. The van der Waals surface area contributed by atoms with Crippen molar-refractivity contribution in [3.05, 3.63) is 118 Å². The summed E-state index contributed by atoms with van der Waals surface area (Å²) in [4.78, 5) is 163. The molecule has 7 fully saturated rings. The molecule has 4 bridgehead atoms. The Kier molecular flexibility index (Phi) is 26.7. The van der Waals surface area contributed by atoms with Crippen LogP contribution in [0, 0.1) is 29.1 Å². The van der Waals surface area contributed by atoms with Gasteiger partial charge in [0.2, 0.25) is 41.4 Å². The summed E-state index contributed by atoms with van der Waals surface area (Å²) in [5.74, 6) is -9.21. The first-order valence-corrected chi connectivity index (χ1v) is 44.3. The number of nitrogens with zero attached hydrogens (tertiary/aromatic N) is 8. The van der Waals surface area contributed by atoms with Crippen molar-refractivity contribution in [2.24, 2.45) is 27.9 Å². The molecule has 3 unspecified atom stereocenters. The number of hydrogen-bond donors (Lipinski definition) is 11. The van der Waals surface area contributed by atoms with Crippen LogP contribution in [-0.2, 0) is 100.0 Å². The Morgan fingerprint density at radius 2 is 1.57 bits per heavy atom. The minimum atomic E-state index is -4.44. The molecule has 4 aliphatic carbocycles. The molecule has 12 N–H and O–H groups in total. The van der Waals surface area contributed by atoms with Crippen molar-refractivity contribution >= 4 is 125 Å². The van der Waals surface area contributed by atoms with E-state index in [1.54, 1.807) is 38.4 Å². The second-order valence-corrected chi connectivity index (χ2v) is 38.0. The molecule has 0 spiro atoms. The van der Waals surface area contributed by atoms with E-state index in [1.165, 1.54) is 41.4 Å². The van der Waals surface area contributed by atoms with Gasteiger partial charge in [-0.25, -0.2) is 24.4 Å². The summed E-state index contributed by atoms with van der Waals surface area (Å²) >= 11 is 2.52. The van der Waals surface area contributed by atoms with Gasteiger partial charge in [-0.15, -0.1) is 0 Å². The first-order valence-electron chi connectivity index (χ1n) is 40.5. The number of primary amides is 1. The van der Waals surface area contributed by atoms with Gasteiger partial charge in [0.05, 0.1) is 71.5 Å². The number of carboxylic acid groups (broad SMARTS) is 2. The minimum Gasteiger partial charge on any atom is -0.479 e. The van der Waals surface area contributed by atoms with Crippen LogP contribution in [0.25, 0.3) is 21.3 Å². The Labute approximate surface area is 711 Å². The summed E-state index contributed by atoms with van der Waals surface area (Å²) in [6.45, 7) is 10.2. The molecule has 39 heteroatoms. The number of carboxylic acids is 2. The molecule has 14 rings (SSSR count). The average molecular weight is 1750 g/mol. The Bertz CT molecular complexity index is 5150. The molecular formula is C83H103N13O23S3. The molecule has 3 aromatic carbocycles. The van der Waals surface area contributed by atoms with Crippen LogP contribution < -0.4 is 31.9 Å². The Morgan fingerprint density at radius 1 is 0.828 bits per heavy atom. The number of thioether (sulfide) groups is 1. The van der Waals surface area contributed by atoms with Crippen LogP contribution in [0.15, 0.2) is 79.0 Å². The normalized spacial score (nSPS) is 26.0. The lowest BCUT2D eigenvalue weighted by molar-refractivity contribution is -0.248. The standard InChI is InChI=1S/C83H103N13O23S3/c1-44(2)65(90-63(98)34-94-51(36-116-27-28-122(113,114)115)30-57(74(94)106)96-64(99)31-60(120-7)75(96)107)73(105)86-45(3)71(103)87-50-17-15-49(48(29-50)16-19-58-67(100)68(101)69(102)70(119-58)77(110)111)35-117-79(112)92(24-22-61(84)97)25-26-118-83-40-80(5)37-81(6,41-83)39-82(38-80,42-83)43-95-46(4)54(32-85-95)52-18-20-62(89-66(52)76(108)109)93-23-21-47-11-10-12-53(55(47)33-93)72(104)91-78-88-56-13-8-9-14-59(56)121-78/h8-15,17-18,20,29,32,44-45,51,57-58,60,65,67-70,100-102H,16,19,21-28,30-31,33-43H2,1-7H3,(H2,84,97)(H,86,105)(H,87,103)(H,90,98)(H,108,109)(H,110,111)(H,88,91,104)(H,113,114,115)/t45-,51-,57-,58-,60?,65-,67-,68+,69-,70-,80?,81?,82?,83?/m0/s1. The fraction of sp³-hybridized carbons (Fsp3) is 0.542. The van der Waals surface area contributed by atoms with Crippen molar-refractivity contribution in [2.45, 2.75) is 204 Å². The summed E-state index contributed by atoms with van der Waals surface area (Å²) in [7, 11) is -4.44. The third-order valence-electron chi connectivity index (χ3n) is 24.5. The van der Waals surface area contributed by atoms with Gasteiger partial charge in [-0.05, 0) is 171 Å². The van der Waals surface area contributed by atoms with Crippen molar-refractivity contribution in [2.75, 3.05) is 73.5 Å². The number of imide groups is 1. The van der Waals surface area contributed by atoms with Gasteiger partial charge < -0.3 is 80.9 Å². The van der Waals surface area contributed by atoms with Gasteiger partial charge in [-0.2, -0.15) is 25.3 Å². The van der Waals surface area contributed by atoms with Gasteiger partial charge in [0.25, 0.3) is 16.0 Å². The number of fused-ring (bicyclic) bond motifs is 2. The van der Waals surface area contributed by atoms with Crippen molar-refractivity contribution in [3.63, 3.8) is 0 Å². The number of nitrogens with one attached hydrogen (secondary N) is 4. The highest BCUT2D eigenvalue weighted by atomic mass is 32.2. The predicted octanol–water partition coefficient (Wildman–Crippen LogP) is 4.84. The Balaban J connectivity index is 0.660. The summed E-state index contributed by atoms with van der Waals surface area (Å²) in [5, 5.41) is 68.6. The number of aliphatic hydroxyl groups is 3. The first kappa shape index (κ1) is 89.7. The van der Waals surface area contributed by atoms with E-state index in [9.17, 15) is 91.2 Å². The molecule has 12 atom stereocenters. The third kappa shape index (κ3) is 19.9. The molecule has 656 valence electrons. The number of carbonyl (C=O) groups is 11. The van der Waals surface area contributed by atoms with E-state index < -0.39 is 166 Å². The quantitative estimate of drug-likeness (QED) is 0.0144. The largest absolute Gasteiger partial charge is 0.479 e. The van der Waals surface area contributed by atoms with Crippen molar-refractivity contribution in [3.8, 4) is 11.1 Å². The van der Waals surface area contributed by atoms with Gasteiger partial charge in [0, 0.05) is 73.6 Å². The zero-order chi connectivity index (χ0) is 87.8. The van der Waals surface area contributed by atoms with Gasteiger partial charge in [-0.3, -0.25) is 57.8 Å². The van der Waals surface area contributed by atoms with Gasteiger partial charge in [0.15, 0.2) is 16.9 Å². The number of carbonyl (C=O) groups excluding carboxylic acids is 9. The van der Waals surface area contributed by atoms with Crippen molar-refractivity contribution in [1.29, 1.82) is 0 Å². The number of ether oxygens (including phenoxy) is 4. The van der Waals surface area contributed by atoms with Crippen LogP contribution >= 0.6 is 23.1 Å². The minimum absolute atomic E-state index is 0.0272. The molecule has 0 radical (unpaired) electrons. The maximum absolute atomic E-state index is 14.5. The van der Waals surface area contributed by atoms with E-state index in [-0.39, 0.29) is 91.9 Å². The number of aliphatic hydroxyl groups excluding tert-OH is 3. The SMILES string of the molecule is CSC1CC(=O)N([C@H]2C[C@@H](COCCS(=O)(=O)O)N(CC(=O)N[C@H](C(=O)N[C@@H](C)C(=O)Nc3ccc(COC(=O)N(CCOC45CC6(C)CC(C)(CC(Cn7ncc(-c8ccc(N9CCc%10cccc(C(=O)Nc%11nc%12ccccc%12s%11)c%10C9)nc8C(=O)O)c7C)(C6)C4)C5)CCC(N)=O)c(CC[C@@H]4O[C@H](C(=O)O)[C@@H](O)[C@H](O)[C@H]4O)c3)C(C)C)C2=O)C1=O. The number of anilines is 3. The number of thiazole rings is 1. The summed E-state index contributed by atoms with van der Waals surface area (Å²) in [6, 6.07) is 16.4. The van der Waals surface area contributed by atoms with Gasteiger partial charge in [-0.1, -0.05) is 69.4 Å². The average Bonchev–Trinajstić information content (AvgIpc) is 0.877. The zero-order valence-corrected chi connectivity index (χ0v) is 71.1. The Hall–Kier alpha value is -10.1. The molecule has 6 aromatic rings. The molecule has 7 heterocycles. The maximum Gasteiger partial charge on any atom is 0.410 e. The molecule has 3 aromatic heterocycles. The fourth-order valence-corrected chi connectivity index (χ4v) is 21.6. The predicted molar refractivity (Wildman–Crippen MR) is 444 cm³/mol. The lowest BCUT2D eigenvalue weighted by Gasteiger charge is -2.69. The van der Waals surface area contributed by atoms with E-state index in [4.69, 9.17) is 34.8 Å². The molecule has 36 nitrogen and oxygen atoms in total. The molecular weight excluding hydrogens is 1640 g/mol. The van der Waals surface area contributed by atoms with Crippen LogP contribution in [0.3, 0.4) is 0 Å². The molecule has 3 saturated heterocycles. The van der Waals surface area contributed by atoms with Gasteiger partial charge >= 0.3 is 18.0 Å². The molecule has 9 amide bonds. The third-order valence-corrected chi connectivity index (χ3v) is 27.0. The van der Waals surface area contributed by atoms with Crippen LogP contribution in [0.1, 0.15) is 148 Å². The molecule has 4 aliphatic heterocycles. The number of nitrogens with two attached hydrogens (primary N) is 1. The van der Waals surface area contributed by atoms with E-state index in [1.807, 2.05) is 59.0 Å². The number of aromatic carboxylic acids is 1.